The third-order valence-electron chi connectivity index (χ3n) is 2.93. The minimum atomic E-state index is -0.519. The highest BCUT2D eigenvalue weighted by Gasteiger charge is 2.34. The molecule has 0 aliphatic carbocycles. The maximum Gasteiger partial charge on any atom is 0.261 e. The summed E-state index contributed by atoms with van der Waals surface area (Å²) in [4.78, 5) is 25.2. The van der Waals surface area contributed by atoms with Gasteiger partial charge < -0.3 is 9.47 Å². The first-order valence-electron chi connectivity index (χ1n) is 6.42. The number of imide groups is 1. The molecule has 0 spiro atoms. The SMILES string of the molecule is F.O=C1c2ccccc2C(=O)N1CCOCCOCCF. The van der Waals surface area contributed by atoms with Crippen molar-refractivity contribution in [2.75, 3.05) is 39.6 Å². The Bertz CT molecular complexity index is 461. The topological polar surface area (TPSA) is 55.8 Å². The zero-order valence-electron chi connectivity index (χ0n) is 11.4. The van der Waals surface area contributed by atoms with Gasteiger partial charge in [-0.15, -0.1) is 0 Å². The zero-order valence-corrected chi connectivity index (χ0v) is 11.4. The average Bonchev–Trinajstić information content (AvgIpc) is 2.71. The smallest absolute Gasteiger partial charge is 0.261 e. The van der Waals surface area contributed by atoms with Crippen LogP contribution in [0.25, 0.3) is 0 Å². The molecule has 7 heteroatoms. The van der Waals surface area contributed by atoms with Gasteiger partial charge >= 0.3 is 0 Å². The molecule has 1 aliphatic rings. The molecule has 1 aromatic carbocycles. The van der Waals surface area contributed by atoms with Crippen LogP contribution in [0.4, 0.5) is 9.09 Å². The first-order valence-corrected chi connectivity index (χ1v) is 6.42. The molecule has 21 heavy (non-hydrogen) atoms. The number of benzene rings is 1. The fourth-order valence-corrected chi connectivity index (χ4v) is 1.97. The van der Waals surface area contributed by atoms with Crippen molar-refractivity contribution in [3.8, 4) is 0 Å². The van der Waals surface area contributed by atoms with E-state index in [0.717, 1.165) is 0 Å². The van der Waals surface area contributed by atoms with Crippen LogP contribution in [0.1, 0.15) is 20.7 Å². The van der Waals surface area contributed by atoms with E-state index < -0.39 is 6.67 Å². The first-order chi connectivity index (χ1) is 9.75. The first kappa shape index (κ1) is 17.2. The van der Waals surface area contributed by atoms with Gasteiger partial charge in [-0.2, -0.15) is 0 Å². The second kappa shape index (κ2) is 8.43. The molecule has 0 aromatic heterocycles. The Morgan fingerprint density at radius 3 is 1.95 bits per heavy atom. The lowest BCUT2D eigenvalue weighted by atomic mass is 10.1. The number of carbonyl (C=O) groups is 2. The monoisotopic (exact) mass is 301 g/mol. The van der Waals surface area contributed by atoms with E-state index in [-0.39, 0.29) is 36.3 Å². The Balaban J connectivity index is 0.00000220. The molecule has 1 aromatic rings. The quantitative estimate of drug-likeness (QED) is 0.538. The summed E-state index contributed by atoms with van der Waals surface area (Å²) in [5.41, 5.74) is 0.868. The molecule has 2 amide bonds. The molecular formula is C14H17F2NO4. The van der Waals surface area contributed by atoms with Crippen LogP contribution in [0, 0.1) is 0 Å². The molecule has 0 bridgehead atoms. The summed E-state index contributed by atoms with van der Waals surface area (Å²) in [5.74, 6) is -0.578. The van der Waals surface area contributed by atoms with Crippen LogP contribution < -0.4 is 0 Å². The number of carbonyl (C=O) groups excluding carboxylic acids is 2. The molecule has 1 aliphatic heterocycles. The lowest BCUT2D eigenvalue weighted by Gasteiger charge is -2.13. The molecule has 0 saturated heterocycles. The van der Waals surface area contributed by atoms with Crippen molar-refractivity contribution in [1.29, 1.82) is 0 Å². The van der Waals surface area contributed by atoms with Crippen molar-refractivity contribution in [2.24, 2.45) is 0 Å². The summed E-state index contributed by atoms with van der Waals surface area (Å²) < 4.78 is 21.9. The highest BCUT2D eigenvalue weighted by atomic mass is 19.1. The minimum absolute atomic E-state index is 0. The zero-order chi connectivity index (χ0) is 14.4. The van der Waals surface area contributed by atoms with Gasteiger partial charge in [-0.3, -0.25) is 19.2 Å². The van der Waals surface area contributed by atoms with Crippen LogP contribution in [0.2, 0.25) is 0 Å². The summed E-state index contributed by atoms with van der Waals surface area (Å²) >= 11 is 0. The number of hydrogen-bond donors (Lipinski definition) is 0. The molecule has 0 atom stereocenters. The van der Waals surface area contributed by atoms with Crippen molar-refractivity contribution in [3.05, 3.63) is 35.4 Å². The standard InChI is InChI=1S/C14H16FNO4.FH/c15-5-7-19-9-10-20-8-6-16-13(17)11-3-1-2-4-12(11)14(16)18;/h1-4H,5-10H2;1H. The van der Waals surface area contributed by atoms with Gasteiger partial charge in [-0.05, 0) is 12.1 Å². The Hall–Kier alpha value is -1.86. The molecule has 0 fully saturated rings. The molecule has 1 heterocycles. The average molecular weight is 301 g/mol. The van der Waals surface area contributed by atoms with Crippen LogP contribution in [-0.2, 0) is 9.47 Å². The van der Waals surface area contributed by atoms with Crippen molar-refractivity contribution in [3.63, 3.8) is 0 Å². The van der Waals surface area contributed by atoms with Gasteiger partial charge in [0.2, 0.25) is 0 Å². The minimum Gasteiger partial charge on any atom is -0.377 e. The van der Waals surface area contributed by atoms with Crippen molar-refractivity contribution >= 4 is 11.8 Å². The van der Waals surface area contributed by atoms with Gasteiger partial charge in [0.05, 0.1) is 44.1 Å². The number of alkyl halides is 1. The van der Waals surface area contributed by atoms with Gasteiger partial charge in [-0.25, -0.2) is 4.39 Å². The van der Waals surface area contributed by atoms with Crippen LogP contribution in [0.15, 0.2) is 24.3 Å². The molecule has 0 saturated carbocycles. The second-order valence-electron chi connectivity index (χ2n) is 4.22. The van der Waals surface area contributed by atoms with Gasteiger partial charge in [0.1, 0.15) is 6.67 Å². The fraction of sp³-hybridized carbons (Fsp3) is 0.429. The Labute approximate surface area is 121 Å². The largest absolute Gasteiger partial charge is 0.377 e. The number of hydrogen-bond acceptors (Lipinski definition) is 4. The van der Waals surface area contributed by atoms with E-state index in [1.165, 1.54) is 4.90 Å². The molecule has 0 radical (unpaired) electrons. The van der Waals surface area contributed by atoms with E-state index in [4.69, 9.17) is 9.47 Å². The van der Waals surface area contributed by atoms with E-state index in [0.29, 0.717) is 24.3 Å². The Morgan fingerprint density at radius 1 is 0.905 bits per heavy atom. The van der Waals surface area contributed by atoms with Crippen LogP contribution in [0.3, 0.4) is 0 Å². The van der Waals surface area contributed by atoms with E-state index >= 15 is 0 Å². The molecule has 5 nitrogen and oxygen atoms in total. The number of nitrogens with zero attached hydrogens (tertiary/aromatic N) is 1. The molecule has 2 rings (SSSR count). The van der Waals surface area contributed by atoms with Crippen molar-refractivity contribution < 1.29 is 28.2 Å². The van der Waals surface area contributed by atoms with Gasteiger partial charge in [0.15, 0.2) is 0 Å². The van der Waals surface area contributed by atoms with Gasteiger partial charge in [0.25, 0.3) is 11.8 Å². The molecule has 116 valence electrons. The summed E-state index contributed by atoms with van der Waals surface area (Å²) in [6.07, 6.45) is 0. The highest BCUT2D eigenvalue weighted by molar-refractivity contribution is 6.21. The Kier molecular flexibility index (Phi) is 6.90. The molecule has 0 N–H and O–H groups in total. The van der Waals surface area contributed by atoms with E-state index in [9.17, 15) is 14.0 Å². The number of fused-ring (bicyclic) bond motifs is 1. The number of amides is 2. The van der Waals surface area contributed by atoms with E-state index in [1.807, 2.05) is 0 Å². The van der Waals surface area contributed by atoms with E-state index in [1.54, 1.807) is 24.3 Å². The molecule has 0 unspecified atom stereocenters. The maximum absolute atomic E-state index is 12.0. The summed E-state index contributed by atoms with van der Waals surface area (Å²) in [7, 11) is 0. The van der Waals surface area contributed by atoms with Gasteiger partial charge in [-0.1, -0.05) is 12.1 Å². The normalized spacial score (nSPS) is 13.3. The third-order valence-corrected chi connectivity index (χ3v) is 2.93. The predicted octanol–water partition coefficient (Wildman–Crippen LogP) is 1.44. The number of rotatable bonds is 8. The molecular weight excluding hydrogens is 284 g/mol. The maximum atomic E-state index is 12.0. The van der Waals surface area contributed by atoms with Crippen molar-refractivity contribution in [2.45, 2.75) is 0 Å². The van der Waals surface area contributed by atoms with Crippen LogP contribution in [0.5, 0.6) is 0 Å². The lowest BCUT2D eigenvalue weighted by Crippen LogP contribution is -2.33. The number of halogens is 2. The predicted molar refractivity (Wildman–Crippen MR) is 71.9 cm³/mol. The fourth-order valence-electron chi connectivity index (χ4n) is 1.97. The summed E-state index contributed by atoms with van der Waals surface area (Å²) in [5, 5.41) is 0. The van der Waals surface area contributed by atoms with Gasteiger partial charge in [0, 0.05) is 0 Å². The third kappa shape index (κ3) is 4.05. The van der Waals surface area contributed by atoms with Crippen LogP contribution >= 0.6 is 0 Å². The van der Waals surface area contributed by atoms with Crippen molar-refractivity contribution in [1.82, 2.24) is 4.90 Å². The highest BCUT2D eigenvalue weighted by Crippen LogP contribution is 2.21. The Morgan fingerprint density at radius 2 is 1.43 bits per heavy atom. The second-order valence-corrected chi connectivity index (χ2v) is 4.22. The summed E-state index contributed by atoms with van der Waals surface area (Å²) in [6, 6.07) is 6.74. The summed E-state index contributed by atoms with van der Waals surface area (Å²) in [6.45, 7) is 0.589. The number of ether oxygens (including phenoxy) is 2. The van der Waals surface area contributed by atoms with Crippen LogP contribution in [-0.4, -0.2) is 56.4 Å². The lowest BCUT2D eigenvalue weighted by molar-refractivity contribution is 0.0325. The van der Waals surface area contributed by atoms with E-state index in [2.05, 4.69) is 0 Å².